The van der Waals surface area contributed by atoms with Gasteiger partial charge in [-0.15, -0.1) is 0 Å². The van der Waals surface area contributed by atoms with Crippen molar-refractivity contribution >= 4 is 33.7 Å². The Balaban J connectivity index is 1.94. The average Bonchev–Trinajstić information content (AvgIpc) is 2.45. The lowest BCUT2D eigenvalue weighted by Gasteiger charge is -2.23. The van der Waals surface area contributed by atoms with Crippen molar-refractivity contribution in [3.8, 4) is 11.5 Å². The van der Waals surface area contributed by atoms with Gasteiger partial charge in [0.2, 0.25) is 0 Å². The van der Waals surface area contributed by atoms with Crippen LogP contribution in [-0.2, 0) is 0 Å². The van der Waals surface area contributed by atoms with Gasteiger partial charge in [-0.1, -0.05) is 41.9 Å². The van der Waals surface area contributed by atoms with Crippen LogP contribution in [0.5, 0.6) is 11.5 Å². The lowest BCUT2D eigenvalue weighted by Crippen LogP contribution is -2.03. The molecule has 2 nitrogen and oxygen atoms in total. The molecule has 0 amide bonds. The number of fused-ring (bicyclic) bond motifs is 4. The van der Waals surface area contributed by atoms with E-state index in [1.807, 2.05) is 36.4 Å². The molecule has 0 fully saturated rings. The van der Waals surface area contributed by atoms with E-state index in [0.717, 1.165) is 28.3 Å². The minimum absolute atomic E-state index is 0.694. The summed E-state index contributed by atoms with van der Waals surface area (Å²) in [4.78, 5) is 0. The van der Waals surface area contributed by atoms with Crippen LogP contribution >= 0.6 is 11.6 Å². The van der Waals surface area contributed by atoms with E-state index in [4.69, 9.17) is 16.3 Å². The molecule has 1 aliphatic rings. The zero-order valence-electron chi connectivity index (χ0n) is 9.98. The molecule has 0 saturated carbocycles. The van der Waals surface area contributed by atoms with Gasteiger partial charge in [0.15, 0.2) is 11.5 Å². The van der Waals surface area contributed by atoms with Crippen molar-refractivity contribution in [1.29, 1.82) is 0 Å². The predicted molar refractivity (Wildman–Crippen MR) is 78.8 cm³/mol. The van der Waals surface area contributed by atoms with Crippen molar-refractivity contribution in [1.82, 2.24) is 0 Å². The van der Waals surface area contributed by atoms with Crippen LogP contribution in [0.15, 0.2) is 54.6 Å². The summed E-state index contributed by atoms with van der Waals surface area (Å²) in [7, 11) is 0. The molecule has 0 unspecified atom stereocenters. The molecule has 0 spiro atoms. The second kappa shape index (κ2) is 3.90. The Morgan fingerprint density at radius 1 is 0.895 bits per heavy atom. The highest BCUT2D eigenvalue weighted by Crippen LogP contribution is 2.46. The number of ether oxygens (including phenoxy) is 1. The summed E-state index contributed by atoms with van der Waals surface area (Å²) in [6.07, 6.45) is 0. The minimum Gasteiger partial charge on any atom is -0.452 e. The van der Waals surface area contributed by atoms with Gasteiger partial charge in [0.1, 0.15) is 0 Å². The van der Waals surface area contributed by atoms with E-state index in [9.17, 15) is 0 Å². The number of rotatable bonds is 0. The number of halogens is 1. The standard InChI is InChI=1S/C16H10ClNO/c17-11-6-8-15-14(9-11)18-13-7-5-10-3-1-2-4-12(10)16(13)19-15/h1-9,18H. The molecule has 0 saturated heterocycles. The molecule has 92 valence electrons. The van der Waals surface area contributed by atoms with E-state index in [2.05, 4.69) is 23.5 Å². The summed E-state index contributed by atoms with van der Waals surface area (Å²) in [6.45, 7) is 0. The molecule has 0 atom stereocenters. The van der Waals surface area contributed by atoms with Crippen molar-refractivity contribution in [3.63, 3.8) is 0 Å². The zero-order valence-corrected chi connectivity index (χ0v) is 10.7. The quantitative estimate of drug-likeness (QED) is 0.464. The molecule has 0 aromatic heterocycles. The summed E-state index contributed by atoms with van der Waals surface area (Å²) < 4.78 is 6.02. The van der Waals surface area contributed by atoms with E-state index in [-0.39, 0.29) is 0 Å². The molecule has 3 aromatic carbocycles. The molecule has 0 aliphatic carbocycles. The lowest BCUT2D eigenvalue weighted by molar-refractivity contribution is 0.487. The second-order valence-electron chi connectivity index (χ2n) is 4.53. The summed E-state index contributed by atoms with van der Waals surface area (Å²) >= 11 is 6.00. The van der Waals surface area contributed by atoms with Crippen molar-refractivity contribution in [2.24, 2.45) is 0 Å². The first kappa shape index (κ1) is 10.7. The van der Waals surface area contributed by atoms with Crippen LogP contribution in [0.3, 0.4) is 0 Å². The Labute approximate surface area is 115 Å². The molecule has 3 heteroatoms. The Morgan fingerprint density at radius 2 is 1.79 bits per heavy atom. The van der Waals surface area contributed by atoms with Gasteiger partial charge in [0.25, 0.3) is 0 Å². The molecular weight excluding hydrogens is 258 g/mol. The molecule has 4 rings (SSSR count). The van der Waals surface area contributed by atoms with Crippen molar-refractivity contribution in [2.75, 3.05) is 5.32 Å². The normalized spacial score (nSPS) is 12.3. The third-order valence-electron chi connectivity index (χ3n) is 3.30. The van der Waals surface area contributed by atoms with Crippen LogP contribution in [0.25, 0.3) is 10.8 Å². The van der Waals surface area contributed by atoms with E-state index >= 15 is 0 Å². The minimum atomic E-state index is 0.694. The first-order chi connectivity index (χ1) is 9.31. The smallest absolute Gasteiger partial charge is 0.158 e. The largest absolute Gasteiger partial charge is 0.452 e. The third kappa shape index (κ3) is 1.65. The van der Waals surface area contributed by atoms with Crippen LogP contribution in [-0.4, -0.2) is 0 Å². The fourth-order valence-corrected chi connectivity index (χ4v) is 2.57. The van der Waals surface area contributed by atoms with Crippen molar-refractivity contribution in [3.05, 3.63) is 59.6 Å². The fraction of sp³-hybridized carbons (Fsp3) is 0. The van der Waals surface area contributed by atoms with Crippen LogP contribution in [0.1, 0.15) is 0 Å². The summed E-state index contributed by atoms with van der Waals surface area (Å²) in [5, 5.41) is 6.33. The number of anilines is 2. The molecule has 0 radical (unpaired) electrons. The van der Waals surface area contributed by atoms with Crippen LogP contribution in [0.2, 0.25) is 5.02 Å². The SMILES string of the molecule is Clc1ccc2c(c1)Nc1ccc3ccccc3c1O2. The molecule has 1 aliphatic heterocycles. The van der Waals surface area contributed by atoms with Crippen LogP contribution < -0.4 is 10.1 Å². The molecule has 1 heterocycles. The van der Waals surface area contributed by atoms with Gasteiger partial charge in [0, 0.05) is 10.4 Å². The van der Waals surface area contributed by atoms with Gasteiger partial charge in [-0.2, -0.15) is 0 Å². The van der Waals surface area contributed by atoms with Gasteiger partial charge in [0.05, 0.1) is 11.4 Å². The van der Waals surface area contributed by atoms with Gasteiger partial charge in [-0.25, -0.2) is 0 Å². The maximum absolute atomic E-state index is 6.02. The van der Waals surface area contributed by atoms with E-state index in [1.54, 1.807) is 0 Å². The number of hydrogen-bond donors (Lipinski definition) is 1. The molecule has 3 aromatic rings. The Kier molecular flexibility index (Phi) is 2.20. The maximum Gasteiger partial charge on any atom is 0.158 e. The van der Waals surface area contributed by atoms with Gasteiger partial charge < -0.3 is 10.1 Å². The number of hydrogen-bond acceptors (Lipinski definition) is 2. The maximum atomic E-state index is 6.02. The monoisotopic (exact) mass is 267 g/mol. The summed E-state index contributed by atoms with van der Waals surface area (Å²) in [5.74, 6) is 1.67. The van der Waals surface area contributed by atoms with Crippen LogP contribution in [0, 0.1) is 0 Å². The predicted octanol–water partition coefficient (Wildman–Crippen LogP) is 5.34. The Bertz CT molecular complexity index is 798. The van der Waals surface area contributed by atoms with Crippen molar-refractivity contribution in [2.45, 2.75) is 0 Å². The van der Waals surface area contributed by atoms with Crippen molar-refractivity contribution < 1.29 is 4.74 Å². The highest BCUT2D eigenvalue weighted by Gasteiger charge is 2.18. The molecular formula is C16H10ClNO. The Morgan fingerprint density at radius 3 is 2.74 bits per heavy atom. The topological polar surface area (TPSA) is 21.3 Å². The lowest BCUT2D eigenvalue weighted by atomic mass is 10.1. The fourth-order valence-electron chi connectivity index (χ4n) is 2.40. The van der Waals surface area contributed by atoms with Gasteiger partial charge in [-0.05, 0) is 29.7 Å². The van der Waals surface area contributed by atoms with Gasteiger partial charge >= 0.3 is 0 Å². The number of benzene rings is 3. The highest BCUT2D eigenvalue weighted by atomic mass is 35.5. The average molecular weight is 268 g/mol. The Hall–Kier alpha value is -2.19. The van der Waals surface area contributed by atoms with Crippen LogP contribution in [0.4, 0.5) is 11.4 Å². The van der Waals surface area contributed by atoms with E-state index in [1.165, 1.54) is 5.39 Å². The second-order valence-corrected chi connectivity index (χ2v) is 4.97. The summed E-state index contributed by atoms with van der Waals surface area (Å²) in [6, 6.07) is 17.9. The summed E-state index contributed by atoms with van der Waals surface area (Å²) in [5.41, 5.74) is 1.86. The first-order valence-electron chi connectivity index (χ1n) is 6.07. The van der Waals surface area contributed by atoms with E-state index in [0.29, 0.717) is 5.02 Å². The molecule has 19 heavy (non-hydrogen) atoms. The zero-order chi connectivity index (χ0) is 12.8. The molecule has 0 bridgehead atoms. The highest BCUT2D eigenvalue weighted by molar-refractivity contribution is 6.31. The number of nitrogens with one attached hydrogen (secondary N) is 1. The van der Waals surface area contributed by atoms with E-state index < -0.39 is 0 Å². The first-order valence-corrected chi connectivity index (χ1v) is 6.45. The molecule has 1 N–H and O–H groups in total. The van der Waals surface area contributed by atoms with Gasteiger partial charge in [-0.3, -0.25) is 0 Å². The third-order valence-corrected chi connectivity index (χ3v) is 3.54.